The fraction of sp³-hybridized carbons (Fsp3) is 0.750. The summed E-state index contributed by atoms with van der Waals surface area (Å²) in [6.45, 7) is 10.1. The van der Waals surface area contributed by atoms with Gasteiger partial charge in [0.25, 0.3) is 5.91 Å². The van der Waals surface area contributed by atoms with Crippen molar-refractivity contribution in [1.29, 1.82) is 0 Å². The van der Waals surface area contributed by atoms with Gasteiger partial charge < -0.3 is 4.90 Å². The molecule has 0 heterocycles. The third-order valence-corrected chi connectivity index (χ3v) is 2.04. The van der Waals surface area contributed by atoms with Gasteiger partial charge in [0.15, 0.2) is 0 Å². The minimum atomic E-state index is -0.184. The number of carbonyl (C=O) groups excluding carboxylic acids is 1. The molecular formula is C12H21NO. The first kappa shape index (κ1) is 13.0. The van der Waals surface area contributed by atoms with Crippen molar-refractivity contribution in [2.24, 2.45) is 5.41 Å². The van der Waals surface area contributed by atoms with Gasteiger partial charge in [-0.2, -0.15) is 0 Å². The molecule has 0 aliphatic carbocycles. The van der Waals surface area contributed by atoms with Gasteiger partial charge in [0.05, 0.1) is 0 Å². The highest BCUT2D eigenvalue weighted by Gasteiger charge is 2.15. The van der Waals surface area contributed by atoms with Crippen molar-refractivity contribution in [2.75, 3.05) is 13.1 Å². The van der Waals surface area contributed by atoms with Crippen LogP contribution in [0.2, 0.25) is 0 Å². The van der Waals surface area contributed by atoms with Crippen molar-refractivity contribution in [3.8, 4) is 12.3 Å². The first-order valence-corrected chi connectivity index (χ1v) is 5.16. The molecule has 0 radical (unpaired) electrons. The molecule has 0 saturated heterocycles. The molecule has 0 bridgehead atoms. The van der Waals surface area contributed by atoms with Gasteiger partial charge in [-0.3, -0.25) is 4.79 Å². The fourth-order valence-electron chi connectivity index (χ4n) is 1.15. The smallest absolute Gasteiger partial charge is 0.298 e. The van der Waals surface area contributed by atoms with Gasteiger partial charge in [0, 0.05) is 13.1 Å². The minimum absolute atomic E-state index is 0.184. The maximum atomic E-state index is 11.3. The predicted molar refractivity (Wildman–Crippen MR) is 59.8 cm³/mol. The average molecular weight is 195 g/mol. The lowest BCUT2D eigenvalue weighted by atomic mass is 9.92. The summed E-state index contributed by atoms with van der Waals surface area (Å²) in [7, 11) is 0. The summed E-state index contributed by atoms with van der Waals surface area (Å²) in [6.07, 6.45) is 7.04. The van der Waals surface area contributed by atoms with Crippen molar-refractivity contribution in [2.45, 2.75) is 40.5 Å². The maximum Gasteiger partial charge on any atom is 0.298 e. The second-order valence-corrected chi connectivity index (χ2v) is 4.75. The van der Waals surface area contributed by atoms with Crippen LogP contribution in [0.15, 0.2) is 0 Å². The SMILES string of the molecule is C#CC(=O)N(CCC)CCC(C)(C)C. The Balaban J connectivity index is 4.12. The summed E-state index contributed by atoms with van der Waals surface area (Å²) in [5.74, 6) is 1.99. The van der Waals surface area contributed by atoms with Gasteiger partial charge >= 0.3 is 0 Å². The van der Waals surface area contributed by atoms with Gasteiger partial charge in [-0.05, 0) is 24.2 Å². The highest BCUT2D eigenvalue weighted by molar-refractivity contribution is 5.92. The van der Waals surface area contributed by atoms with Crippen molar-refractivity contribution in [3.05, 3.63) is 0 Å². The molecule has 0 N–H and O–H groups in total. The summed E-state index contributed by atoms with van der Waals surface area (Å²) in [5.41, 5.74) is 0.251. The molecule has 2 nitrogen and oxygen atoms in total. The highest BCUT2D eigenvalue weighted by Crippen LogP contribution is 2.18. The number of terminal acetylenes is 1. The van der Waals surface area contributed by atoms with E-state index in [1.165, 1.54) is 0 Å². The molecule has 0 aliphatic rings. The molecule has 14 heavy (non-hydrogen) atoms. The molecule has 0 saturated carbocycles. The van der Waals surface area contributed by atoms with Crippen LogP contribution in [0.5, 0.6) is 0 Å². The molecule has 0 fully saturated rings. The summed E-state index contributed by atoms with van der Waals surface area (Å²) < 4.78 is 0. The molecule has 0 aliphatic heterocycles. The van der Waals surface area contributed by atoms with E-state index in [2.05, 4.69) is 26.7 Å². The van der Waals surface area contributed by atoms with E-state index in [-0.39, 0.29) is 11.3 Å². The molecule has 0 aromatic carbocycles. The molecule has 0 aromatic heterocycles. The van der Waals surface area contributed by atoms with Gasteiger partial charge in [0.2, 0.25) is 0 Å². The van der Waals surface area contributed by atoms with Crippen molar-refractivity contribution < 1.29 is 4.79 Å². The number of hydrogen-bond acceptors (Lipinski definition) is 1. The van der Waals surface area contributed by atoms with Crippen LogP contribution >= 0.6 is 0 Å². The summed E-state index contributed by atoms with van der Waals surface area (Å²) in [5, 5.41) is 0. The lowest BCUT2D eigenvalue weighted by molar-refractivity contribution is -0.125. The van der Waals surface area contributed by atoms with Gasteiger partial charge in [-0.15, -0.1) is 6.42 Å². The zero-order valence-electron chi connectivity index (χ0n) is 9.76. The zero-order valence-corrected chi connectivity index (χ0v) is 9.76. The standard InChI is InChI=1S/C12H21NO/c1-6-9-13(11(14)7-2)10-8-12(3,4)5/h2H,6,8-10H2,1,3-5H3. The Morgan fingerprint density at radius 3 is 2.29 bits per heavy atom. The predicted octanol–water partition coefficient (Wildman–Crippen LogP) is 2.29. The van der Waals surface area contributed by atoms with E-state index >= 15 is 0 Å². The molecule has 80 valence electrons. The topological polar surface area (TPSA) is 20.3 Å². The number of nitrogens with zero attached hydrogens (tertiary/aromatic N) is 1. The van der Waals surface area contributed by atoms with E-state index in [0.29, 0.717) is 0 Å². The minimum Gasteiger partial charge on any atom is -0.332 e. The van der Waals surface area contributed by atoms with E-state index < -0.39 is 0 Å². The Bertz CT molecular complexity index is 219. The van der Waals surface area contributed by atoms with Crippen molar-refractivity contribution in [3.63, 3.8) is 0 Å². The molecule has 2 heteroatoms. The Morgan fingerprint density at radius 1 is 1.36 bits per heavy atom. The van der Waals surface area contributed by atoms with Crippen LogP contribution < -0.4 is 0 Å². The first-order valence-electron chi connectivity index (χ1n) is 5.16. The Hall–Kier alpha value is -0.970. The van der Waals surface area contributed by atoms with Crippen LogP contribution in [0.25, 0.3) is 0 Å². The van der Waals surface area contributed by atoms with E-state index in [4.69, 9.17) is 6.42 Å². The molecule has 0 unspecified atom stereocenters. The Kier molecular flexibility index (Phi) is 5.30. The lowest BCUT2D eigenvalue weighted by Gasteiger charge is -2.25. The molecule has 0 aromatic rings. The molecule has 0 atom stereocenters. The normalized spacial score (nSPS) is 10.8. The summed E-state index contributed by atoms with van der Waals surface area (Å²) >= 11 is 0. The monoisotopic (exact) mass is 195 g/mol. The largest absolute Gasteiger partial charge is 0.332 e. The zero-order chi connectivity index (χ0) is 11.2. The second kappa shape index (κ2) is 5.70. The quantitative estimate of drug-likeness (QED) is 0.630. The molecular weight excluding hydrogens is 174 g/mol. The molecule has 0 spiro atoms. The van der Waals surface area contributed by atoms with Crippen LogP contribution in [0.4, 0.5) is 0 Å². The van der Waals surface area contributed by atoms with E-state index in [0.717, 1.165) is 25.9 Å². The average Bonchev–Trinajstić information content (AvgIpc) is 2.09. The number of carbonyl (C=O) groups is 1. The Labute approximate surface area is 87.7 Å². The van der Waals surface area contributed by atoms with Crippen LogP contribution in [-0.2, 0) is 4.79 Å². The third-order valence-electron chi connectivity index (χ3n) is 2.04. The van der Waals surface area contributed by atoms with Gasteiger partial charge in [-0.1, -0.05) is 27.7 Å². The Morgan fingerprint density at radius 2 is 1.93 bits per heavy atom. The van der Waals surface area contributed by atoms with E-state index in [1.807, 2.05) is 6.92 Å². The maximum absolute atomic E-state index is 11.3. The highest BCUT2D eigenvalue weighted by atomic mass is 16.2. The fourth-order valence-corrected chi connectivity index (χ4v) is 1.15. The van der Waals surface area contributed by atoms with Crippen LogP contribution in [0.1, 0.15) is 40.5 Å². The lowest BCUT2D eigenvalue weighted by Crippen LogP contribution is -2.33. The number of amides is 1. The van der Waals surface area contributed by atoms with E-state index in [9.17, 15) is 4.79 Å². The van der Waals surface area contributed by atoms with Crippen molar-refractivity contribution in [1.82, 2.24) is 4.90 Å². The van der Waals surface area contributed by atoms with Crippen LogP contribution in [-0.4, -0.2) is 23.9 Å². The summed E-state index contributed by atoms with van der Waals surface area (Å²) in [4.78, 5) is 13.1. The second-order valence-electron chi connectivity index (χ2n) is 4.75. The number of rotatable bonds is 4. The molecule has 1 amide bonds. The first-order chi connectivity index (χ1) is 6.40. The van der Waals surface area contributed by atoms with Crippen LogP contribution in [0, 0.1) is 17.8 Å². The van der Waals surface area contributed by atoms with Gasteiger partial charge in [0.1, 0.15) is 0 Å². The molecule has 0 rings (SSSR count). The van der Waals surface area contributed by atoms with Gasteiger partial charge in [-0.25, -0.2) is 0 Å². The van der Waals surface area contributed by atoms with Crippen LogP contribution in [0.3, 0.4) is 0 Å². The van der Waals surface area contributed by atoms with E-state index in [1.54, 1.807) is 4.90 Å². The van der Waals surface area contributed by atoms with Crippen molar-refractivity contribution >= 4 is 5.91 Å². The number of hydrogen-bond donors (Lipinski definition) is 0. The summed E-state index contributed by atoms with van der Waals surface area (Å²) in [6, 6.07) is 0. The third kappa shape index (κ3) is 5.64.